The summed E-state index contributed by atoms with van der Waals surface area (Å²) in [7, 11) is 1.81. The van der Waals surface area contributed by atoms with Gasteiger partial charge in [-0.1, -0.05) is 18.2 Å². The maximum Gasteiger partial charge on any atom is 0.248 e. The Morgan fingerprint density at radius 2 is 1.76 bits per heavy atom. The standard InChI is InChI=1S/C22H19N9O2/c1-12(32)25-15-9-8-14(21-30-29-20(33-21)13-6-4-3-5-7-13)10-16(15)26-22-27-18(23)17-19(28-22)31(2)11-24-17/h3-11H,1-2H3,(H,25,32)(H3,23,26,27,28). The minimum atomic E-state index is -0.225. The van der Waals surface area contributed by atoms with Crippen LogP contribution in [-0.2, 0) is 11.8 Å². The first-order valence-corrected chi connectivity index (χ1v) is 10.0. The first-order chi connectivity index (χ1) is 16.0. The normalized spacial score (nSPS) is 11.0. The zero-order valence-electron chi connectivity index (χ0n) is 17.8. The molecule has 0 radical (unpaired) electrons. The van der Waals surface area contributed by atoms with Gasteiger partial charge in [0.2, 0.25) is 23.6 Å². The number of carbonyl (C=O) groups is 1. The molecule has 0 aliphatic carbocycles. The Morgan fingerprint density at radius 1 is 1.00 bits per heavy atom. The zero-order chi connectivity index (χ0) is 22.9. The minimum absolute atomic E-state index is 0.225. The maximum atomic E-state index is 11.7. The summed E-state index contributed by atoms with van der Waals surface area (Å²) in [5.74, 6) is 1.00. The van der Waals surface area contributed by atoms with Gasteiger partial charge in [0.15, 0.2) is 11.5 Å². The van der Waals surface area contributed by atoms with E-state index in [9.17, 15) is 4.79 Å². The number of nitrogens with one attached hydrogen (secondary N) is 2. The SMILES string of the molecule is CC(=O)Nc1ccc(-c2nnc(-c3ccccc3)o2)cc1Nc1nc(N)c2ncn(C)c2n1. The number of nitrogen functional groups attached to an aromatic ring is 1. The second-order valence-electron chi connectivity index (χ2n) is 7.31. The number of nitrogens with two attached hydrogens (primary N) is 1. The van der Waals surface area contributed by atoms with Crippen molar-refractivity contribution in [1.82, 2.24) is 29.7 Å². The average Bonchev–Trinajstić information content (AvgIpc) is 3.43. The van der Waals surface area contributed by atoms with E-state index < -0.39 is 0 Å². The van der Waals surface area contributed by atoms with E-state index in [1.807, 2.05) is 37.4 Å². The van der Waals surface area contributed by atoms with Crippen LogP contribution in [0.25, 0.3) is 34.1 Å². The van der Waals surface area contributed by atoms with E-state index in [2.05, 4.69) is 35.8 Å². The van der Waals surface area contributed by atoms with Gasteiger partial charge in [0.1, 0.15) is 5.52 Å². The van der Waals surface area contributed by atoms with Crippen LogP contribution in [0.3, 0.4) is 0 Å². The predicted molar refractivity (Wildman–Crippen MR) is 123 cm³/mol. The lowest BCUT2D eigenvalue weighted by Crippen LogP contribution is -2.09. The van der Waals surface area contributed by atoms with Crippen molar-refractivity contribution in [1.29, 1.82) is 0 Å². The number of carbonyl (C=O) groups excluding carboxylic acids is 1. The third kappa shape index (κ3) is 3.94. The third-order valence-electron chi connectivity index (χ3n) is 4.86. The summed E-state index contributed by atoms with van der Waals surface area (Å²) in [5, 5.41) is 14.2. The highest BCUT2D eigenvalue weighted by Gasteiger charge is 2.15. The smallest absolute Gasteiger partial charge is 0.248 e. The van der Waals surface area contributed by atoms with Gasteiger partial charge in [0.25, 0.3) is 0 Å². The summed E-state index contributed by atoms with van der Waals surface area (Å²) in [6, 6.07) is 14.8. The van der Waals surface area contributed by atoms with E-state index in [1.54, 1.807) is 29.1 Å². The van der Waals surface area contributed by atoms with Crippen molar-refractivity contribution < 1.29 is 9.21 Å². The fourth-order valence-electron chi connectivity index (χ4n) is 3.32. The van der Waals surface area contributed by atoms with Gasteiger partial charge in [-0.15, -0.1) is 10.2 Å². The van der Waals surface area contributed by atoms with Crippen LogP contribution < -0.4 is 16.4 Å². The van der Waals surface area contributed by atoms with Gasteiger partial charge in [-0.05, 0) is 30.3 Å². The Bertz CT molecular complexity index is 1470. The molecule has 11 heteroatoms. The van der Waals surface area contributed by atoms with Crippen molar-refractivity contribution in [2.24, 2.45) is 7.05 Å². The summed E-state index contributed by atoms with van der Waals surface area (Å²) in [5.41, 5.74) is 9.67. The molecule has 1 amide bonds. The van der Waals surface area contributed by atoms with Crippen molar-refractivity contribution >= 4 is 40.2 Å². The van der Waals surface area contributed by atoms with Crippen molar-refractivity contribution in [3.63, 3.8) is 0 Å². The van der Waals surface area contributed by atoms with Gasteiger partial charge in [-0.25, -0.2) is 4.98 Å². The van der Waals surface area contributed by atoms with Gasteiger partial charge in [-0.2, -0.15) is 9.97 Å². The summed E-state index contributed by atoms with van der Waals surface area (Å²) in [6.45, 7) is 1.43. The number of anilines is 4. The maximum absolute atomic E-state index is 11.7. The van der Waals surface area contributed by atoms with Crippen LogP contribution in [0.2, 0.25) is 0 Å². The molecule has 0 saturated carbocycles. The number of hydrogen-bond acceptors (Lipinski definition) is 9. The van der Waals surface area contributed by atoms with Crippen LogP contribution >= 0.6 is 0 Å². The van der Waals surface area contributed by atoms with E-state index >= 15 is 0 Å². The minimum Gasteiger partial charge on any atom is -0.416 e. The summed E-state index contributed by atoms with van der Waals surface area (Å²) < 4.78 is 7.61. The Kier molecular flexibility index (Phi) is 4.90. The van der Waals surface area contributed by atoms with Gasteiger partial charge < -0.3 is 25.4 Å². The molecule has 0 saturated heterocycles. The quantitative estimate of drug-likeness (QED) is 0.373. The number of aryl methyl sites for hydroxylation is 1. The molecule has 0 bridgehead atoms. The molecule has 0 aliphatic heterocycles. The Labute approximate surface area is 187 Å². The van der Waals surface area contributed by atoms with Crippen LogP contribution in [-0.4, -0.2) is 35.6 Å². The van der Waals surface area contributed by atoms with Crippen LogP contribution in [0.4, 0.5) is 23.1 Å². The molecule has 3 heterocycles. The highest BCUT2D eigenvalue weighted by molar-refractivity contribution is 5.94. The molecule has 33 heavy (non-hydrogen) atoms. The van der Waals surface area contributed by atoms with Crippen molar-refractivity contribution in [2.45, 2.75) is 6.92 Å². The van der Waals surface area contributed by atoms with Gasteiger partial charge >= 0.3 is 0 Å². The zero-order valence-corrected chi connectivity index (χ0v) is 17.8. The Morgan fingerprint density at radius 3 is 2.52 bits per heavy atom. The number of nitrogens with zero attached hydrogens (tertiary/aromatic N) is 6. The topological polar surface area (TPSA) is 150 Å². The van der Waals surface area contributed by atoms with E-state index in [0.717, 1.165) is 5.56 Å². The molecule has 5 rings (SSSR count). The number of fused-ring (bicyclic) bond motifs is 1. The molecule has 3 aromatic heterocycles. The fraction of sp³-hybridized carbons (Fsp3) is 0.0909. The van der Waals surface area contributed by atoms with Gasteiger partial charge in [0.05, 0.1) is 17.7 Å². The van der Waals surface area contributed by atoms with Crippen molar-refractivity contribution in [3.8, 4) is 22.9 Å². The molecular formula is C22H19N9O2. The molecule has 4 N–H and O–H groups in total. The van der Waals surface area contributed by atoms with E-state index in [1.165, 1.54) is 6.92 Å². The molecule has 0 atom stereocenters. The number of imidazole rings is 1. The molecule has 11 nitrogen and oxygen atoms in total. The molecule has 164 valence electrons. The van der Waals surface area contributed by atoms with E-state index in [0.29, 0.717) is 39.9 Å². The summed E-state index contributed by atoms with van der Waals surface area (Å²) >= 11 is 0. The van der Waals surface area contributed by atoms with Crippen molar-refractivity contribution in [2.75, 3.05) is 16.4 Å². The van der Waals surface area contributed by atoms with Crippen LogP contribution in [0, 0.1) is 0 Å². The second-order valence-corrected chi connectivity index (χ2v) is 7.31. The van der Waals surface area contributed by atoms with Crippen molar-refractivity contribution in [3.05, 3.63) is 54.9 Å². The first kappa shape index (κ1) is 20.1. The van der Waals surface area contributed by atoms with E-state index in [4.69, 9.17) is 10.2 Å². The molecule has 0 aliphatic rings. The lowest BCUT2D eigenvalue weighted by Gasteiger charge is -2.13. The Hall–Kier alpha value is -4.80. The highest BCUT2D eigenvalue weighted by atomic mass is 16.4. The molecule has 0 unspecified atom stereocenters. The lowest BCUT2D eigenvalue weighted by molar-refractivity contribution is -0.114. The molecular weight excluding hydrogens is 422 g/mol. The average molecular weight is 441 g/mol. The Balaban J connectivity index is 1.53. The largest absolute Gasteiger partial charge is 0.416 e. The molecule has 5 aromatic rings. The fourth-order valence-corrected chi connectivity index (χ4v) is 3.32. The number of aromatic nitrogens is 6. The van der Waals surface area contributed by atoms with Crippen LogP contribution in [0.1, 0.15) is 6.92 Å². The summed E-state index contributed by atoms with van der Waals surface area (Å²) in [6.07, 6.45) is 1.61. The molecule has 2 aromatic carbocycles. The van der Waals surface area contributed by atoms with Gasteiger partial charge in [-0.3, -0.25) is 4.79 Å². The van der Waals surface area contributed by atoms with Crippen LogP contribution in [0.5, 0.6) is 0 Å². The van der Waals surface area contributed by atoms with Gasteiger partial charge in [0, 0.05) is 25.1 Å². The number of benzene rings is 2. The monoisotopic (exact) mass is 441 g/mol. The predicted octanol–water partition coefficient (Wildman–Crippen LogP) is 3.36. The molecule has 0 fully saturated rings. The number of rotatable bonds is 5. The van der Waals surface area contributed by atoms with E-state index in [-0.39, 0.29) is 17.7 Å². The first-order valence-electron chi connectivity index (χ1n) is 10.0. The lowest BCUT2D eigenvalue weighted by atomic mass is 10.1. The van der Waals surface area contributed by atoms with Crippen LogP contribution in [0.15, 0.2) is 59.3 Å². The third-order valence-corrected chi connectivity index (χ3v) is 4.86. The second kappa shape index (κ2) is 8.04. The summed E-state index contributed by atoms with van der Waals surface area (Å²) in [4.78, 5) is 24.7. The molecule has 0 spiro atoms. The highest BCUT2D eigenvalue weighted by Crippen LogP contribution is 2.32. The number of amides is 1. The number of hydrogen-bond donors (Lipinski definition) is 3.